The Kier molecular flexibility index (Phi) is 6.73. The van der Waals surface area contributed by atoms with E-state index in [-0.39, 0.29) is 0 Å². The van der Waals surface area contributed by atoms with Gasteiger partial charge in [0, 0.05) is 21.5 Å². The van der Waals surface area contributed by atoms with E-state index in [9.17, 15) is 0 Å². The quantitative estimate of drug-likeness (QED) is 0.396. The standard InChI is InChI=1S/C20H20ClN3O3S/c1-4-27-19-17(25-2)9-13(10-18(19)26-3)11-22-24-20-23-16(12-28-20)14-5-7-15(21)8-6-14/h5-12H,4H2,1-3H3,(H,23,24)/b22-11+. The normalized spacial score (nSPS) is 10.9. The molecule has 28 heavy (non-hydrogen) atoms. The largest absolute Gasteiger partial charge is 0.493 e. The number of hydrazone groups is 1. The van der Waals surface area contributed by atoms with Crippen molar-refractivity contribution in [2.24, 2.45) is 5.10 Å². The smallest absolute Gasteiger partial charge is 0.203 e. The van der Waals surface area contributed by atoms with E-state index in [0.29, 0.717) is 34.0 Å². The Labute approximate surface area is 172 Å². The van der Waals surface area contributed by atoms with E-state index in [1.54, 1.807) is 20.4 Å². The molecule has 1 heterocycles. The summed E-state index contributed by atoms with van der Waals surface area (Å²) in [6.45, 7) is 2.42. The Balaban J connectivity index is 1.73. The fraction of sp³-hybridized carbons (Fsp3) is 0.200. The van der Waals surface area contributed by atoms with E-state index in [4.69, 9.17) is 25.8 Å². The number of benzene rings is 2. The van der Waals surface area contributed by atoms with Crippen LogP contribution in [0.5, 0.6) is 17.2 Å². The van der Waals surface area contributed by atoms with Gasteiger partial charge in [-0.3, -0.25) is 5.43 Å². The summed E-state index contributed by atoms with van der Waals surface area (Å²) in [7, 11) is 3.18. The fourth-order valence-corrected chi connectivity index (χ4v) is 3.30. The second-order valence-corrected chi connectivity index (χ2v) is 6.90. The van der Waals surface area contributed by atoms with E-state index < -0.39 is 0 Å². The SMILES string of the molecule is CCOc1c(OC)cc(/C=N/Nc2nc(-c3ccc(Cl)cc3)cs2)cc1OC. The van der Waals surface area contributed by atoms with E-state index in [1.165, 1.54) is 11.3 Å². The van der Waals surface area contributed by atoms with Crippen molar-refractivity contribution in [3.8, 4) is 28.5 Å². The van der Waals surface area contributed by atoms with Crippen LogP contribution in [0.3, 0.4) is 0 Å². The van der Waals surface area contributed by atoms with Crippen LogP contribution in [0.2, 0.25) is 5.02 Å². The zero-order valence-electron chi connectivity index (χ0n) is 15.7. The highest BCUT2D eigenvalue weighted by molar-refractivity contribution is 7.14. The first kappa shape index (κ1) is 20.0. The van der Waals surface area contributed by atoms with Gasteiger partial charge in [-0.05, 0) is 31.2 Å². The van der Waals surface area contributed by atoms with Gasteiger partial charge in [0.05, 0.1) is 32.7 Å². The van der Waals surface area contributed by atoms with E-state index in [0.717, 1.165) is 16.8 Å². The first-order valence-electron chi connectivity index (χ1n) is 8.54. The minimum absolute atomic E-state index is 0.516. The molecule has 0 bridgehead atoms. The van der Waals surface area contributed by atoms with Crippen molar-refractivity contribution in [3.05, 3.63) is 52.4 Å². The first-order valence-corrected chi connectivity index (χ1v) is 9.79. The van der Waals surface area contributed by atoms with Crippen LogP contribution in [0.4, 0.5) is 5.13 Å². The summed E-state index contributed by atoms with van der Waals surface area (Å²) in [5.41, 5.74) is 5.62. The van der Waals surface area contributed by atoms with E-state index in [1.807, 2.05) is 48.7 Å². The van der Waals surface area contributed by atoms with Crippen molar-refractivity contribution in [1.29, 1.82) is 0 Å². The minimum Gasteiger partial charge on any atom is -0.493 e. The lowest BCUT2D eigenvalue weighted by atomic mass is 10.2. The Morgan fingerprint density at radius 3 is 2.43 bits per heavy atom. The van der Waals surface area contributed by atoms with Gasteiger partial charge >= 0.3 is 0 Å². The summed E-state index contributed by atoms with van der Waals surface area (Å²) in [6, 6.07) is 11.2. The van der Waals surface area contributed by atoms with Crippen molar-refractivity contribution < 1.29 is 14.2 Å². The van der Waals surface area contributed by atoms with Crippen LogP contribution in [-0.4, -0.2) is 32.0 Å². The summed E-state index contributed by atoms with van der Waals surface area (Å²) >= 11 is 7.40. The second kappa shape index (κ2) is 9.43. The minimum atomic E-state index is 0.516. The third-order valence-electron chi connectivity index (χ3n) is 3.79. The molecule has 2 aromatic carbocycles. The summed E-state index contributed by atoms with van der Waals surface area (Å²) in [5, 5.41) is 7.61. The number of hydrogen-bond acceptors (Lipinski definition) is 7. The van der Waals surface area contributed by atoms with Gasteiger partial charge in [-0.1, -0.05) is 23.7 Å². The maximum atomic E-state index is 5.93. The van der Waals surface area contributed by atoms with Gasteiger partial charge in [0.2, 0.25) is 10.9 Å². The summed E-state index contributed by atoms with van der Waals surface area (Å²) in [5.74, 6) is 1.74. The molecule has 0 saturated carbocycles. The van der Waals surface area contributed by atoms with E-state index >= 15 is 0 Å². The molecular weight excluding hydrogens is 398 g/mol. The number of hydrogen-bond donors (Lipinski definition) is 1. The molecule has 6 nitrogen and oxygen atoms in total. The summed E-state index contributed by atoms with van der Waals surface area (Å²) in [4.78, 5) is 4.53. The molecule has 0 amide bonds. The van der Waals surface area contributed by atoms with E-state index in [2.05, 4.69) is 15.5 Å². The third kappa shape index (κ3) is 4.74. The lowest BCUT2D eigenvalue weighted by molar-refractivity contribution is 0.288. The maximum absolute atomic E-state index is 5.93. The third-order valence-corrected chi connectivity index (χ3v) is 4.79. The second-order valence-electron chi connectivity index (χ2n) is 5.60. The van der Waals surface area contributed by atoms with Crippen molar-refractivity contribution >= 4 is 34.3 Å². The molecule has 8 heteroatoms. The van der Waals surface area contributed by atoms with Crippen LogP contribution < -0.4 is 19.6 Å². The first-order chi connectivity index (χ1) is 13.6. The Morgan fingerprint density at radius 2 is 1.82 bits per heavy atom. The number of methoxy groups -OCH3 is 2. The molecule has 0 fully saturated rings. The fourth-order valence-electron chi connectivity index (χ4n) is 2.50. The molecule has 3 rings (SSSR count). The lowest BCUT2D eigenvalue weighted by Gasteiger charge is -2.14. The molecule has 0 aliphatic carbocycles. The van der Waals surface area contributed by atoms with Gasteiger partial charge in [0.1, 0.15) is 0 Å². The molecule has 0 unspecified atom stereocenters. The average molecular weight is 418 g/mol. The highest BCUT2D eigenvalue weighted by atomic mass is 35.5. The predicted octanol–water partition coefficient (Wildman–Crippen LogP) is 5.33. The number of halogens is 1. The topological polar surface area (TPSA) is 65.0 Å². The Morgan fingerprint density at radius 1 is 1.14 bits per heavy atom. The van der Waals surface area contributed by atoms with Crippen LogP contribution in [-0.2, 0) is 0 Å². The summed E-state index contributed by atoms with van der Waals surface area (Å²) < 4.78 is 16.4. The highest BCUT2D eigenvalue weighted by Crippen LogP contribution is 2.38. The molecule has 0 spiro atoms. The van der Waals surface area contributed by atoms with Gasteiger partial charge in [-0.15, -0.1) is 11.3 Å². The van der Waals surface area contributed by atoms with Crippen molar-refractivity contribution in [3.63, 3.8) is 0 Å². The van der Waals surface area contributed by atoms with Gasteiger partial charge in [-0.2, -0.15) is 5.10 Å². The summed E-state index contributed by atoms with van der Waals surface area (Å²) in [6.07, 6.45) is 1.67. The number of nitrogens with zero attached hydrogens (tertiary/aromatic N) is 2. The molecule has 146 valence electrons. The number of rotatable bonds is 8. The Hall–Kier alpha value is -2.77. The molecule has 0 aliphatic heterocycles. The van der Waals surface area contributed by atoms with Gasteiger partial charge < -0.3 is 14.2 Å². The molecule has 0 saturated heterocycles. The van der Waals surface area contributed by atoms with Gasteiger partial charge in [0.25, 0.3) is 0 Å². The number of ether oxygens (including phenoxy) is 3. The molecular formula is C20H20ClN3O3S. The monoisotopic (exact) mass is 417 g/mol. The van der Waals surface area contributed by atoms with Crippen LogP contribution in [0.1, 0.15) is 12.5 Å². The van der Waals surface area contributed by atoms with Gasteiger partial charge in [0.15, 0.2) is 11.5 Å². The number of thiazole rings is 1. The van der Waals surface area contributed by atoms with Crippen LogP contribution in [0, 0.1) is 0 Å². The number of anilines is 1. The van der Waals surface area contributed by atoms with Crippen LogP contribution in [0.25, 0.3) is 11.3 Å². The zero-order valence-corrected chi connectivity index (χ0v) is 17.3. The Bertz CT molecular complexity index is 933. The highest BCUT2D eigenvalue weighted by Gasteiger charge is 2.13. The van der Waals surface area contributed by atoms with Crippen LogP contribution in [0.15, 0.2) is 46.9 Å². The lowest BCUT2D eigenvalue weighted by Crippen LogP contribution is -2.00. The van der Waals surface area contributed by atoms with Crippen molar-refractivity contribution in [1.82, 2.24) is 4.98 Å². The van der Waals surface area contributed by atoms with Crippen molar-refractivity contribution in [2.75, 3.05) is 26.3 Å². The van der Waals surface area contributed by atoms with Crippen LogP contribution >= 0.6 is 22.9 Å². The number of aromatic nitrogens is 1. The average Bonchev–Trinajstić information content (AvgIpc) is 3.18. The number of nitrogens with one attached hydrogen (secondary N) is 1. The molecule has 0 atom stereocenters. The zero-order chi connectivity index (χ0) is 19.9. The maximum Gasteiger partial charge on any atom is 0.203 e. The van der Waals surface area contributed by atoms with Crippen molar-refractivity contribution in [2.45, 2.75) is 6.92 Å². The predicted molar refractivity (Wildman–Crippen MR) is 114 cm³/mol. The molecule has 1 aromatic heterocycles. The molecule has 1 N–H and O–H groups in total. The molecule has 0 aliphatic rings. The van der Waals surface area contributed by atoms with Gasteiger partial charge in [-0.25, -0.2) is 4.98 Å². The molecule has 0 radical (unpaired) electrons. The molecule has 3 aromatic rings.